The summed E-state index contributed by atoms with van der Waals surface area (Å²) in [5.74, 6) is 0.320. The Morgan fingerprint density at radius 1 is 1.37 bits per heavy atom. The number of carbonyl (C=O) groups is 1. The lowest BCUT2D eigenvalue weighted by Gasteiger charge is -2.19. The van der Waals surface area contributed by atoms with Gasteiger partial charge in [0.25, 0.3) is 5.91 Å². The predicted molar refractivity (Wildman–Crippen MR) is 71.2 cm³/mol. The molecule has 0 spiro atoms. The maximum absolute atomic E-state index is 14.0. The minimum Gasteiger partial charge on any atom is -0.338 e. The van der Waals surface area contributed by atoms with Crippen LogP contribution in [-0.2, 0) is 0 Å². The number of fused-ring (bicyclic) bond motifs is 1. The van der Waals surface area contributed by atoms with Crippen LogP contribution in [0.25, 0.3) is 0 Å². The molecule has 2 N–H and O–H groups in total. The predicted octanol–water partition coefficient (Wildman–Crippen LogP) is 1.94. The van der Waals surface area contributed by atoms with E-state index in [1.165, 1.54) is 0 Å². The highest BCUT2D eigenvalue weighted by atomic mass is 19.1. The molecule has 1 aliphatic heterocycles. The molecule has 3 unspecified atom stereocenters. The molecule has 0 aromatic heterocycles. The second kappa shape index (κ2) is 4.60. The number of amides is 1. The Hall–Kier alpha value is -1.42. The number of likely N-dealkylation sites (tertiary alicyclic amines) is 1. The van der Waals surface area contributed by atoms with Gasteiger partial charge in [0.2, 0.25) is 0 Å². The maximum atomic E-state index is 14.0. The first kappa shape index (κ1) is 12.6. The van der Waals surface area contributed by atoms with Crippen LogP contribution in [0.4, 0.5) is 4.39 Å². The molecule has 19 heavy (non-hydrogen) atoms. The molecule has 1 heterocycles. The number of nitrogens with zero attached hydrogens (tertiary/aromatic N) is 1. The van der Waals surface area contributed by atoms with Crippen molar-refractivity contribution in [2.24, 2.45) is 17.6 Å². The summed E-state index contributed by atoms with van der Waals surface area (Å²) in [4.78, 5) is 14.2. The van der Waals surface area contributed by atoms with E-state index in [4.69, 9.17) is 5.73 Å². The van der Waals surface area contributed by atoms with Crippen LogP contribution in [0.2, 0.25) is 0 Å². The minimum atomic E-state index is -0.395. The largest absolute Gasteiger partial charge is 0.338 e. The van der Waals surface area contributed by atoms with Crippen LogP contribution < -0.4 is 5.73 Å². The molecule has 3 rings (SSSR count). The van der Waals surface area contributed by atoms with E-state index >= 15 is 0 Å². The van der Waals surface area contributed by atoms with Crippen molar-refractivity contribution < 1.29 is 9.18 Å². The normalized spacial score (nSPS) is 29.6. The van der Waals surface area contributed by atoms with Gasteiger partial charge in [0.05, 0.1) is 5.56 Å². The summed E-state index contributed by atoms with van der Waals surface area (Å²) in [7, 11) is 0. The third-order valence-corrected chi connectivity index (χ3v) is 4.62. The van der Waals surface area contributed by atoms with Crippen molar-refractivity contribution in [3.8, 4) is 0 Å². The van der Waals surface area contributed by atoms with Crippen molar-refractivity contribution >= 4 is 5.91 Å². The van der Waals surface area contributed by atoms with Crippen molar-refractivity contribution in [3.63, 3.8) is 0 Å². The zero-order chi connectivity index (χ0) is 13.6. The first-order chi connectivity index (χ1) is 9.08. The van der Waals surface area contributed by atoms with Crippen LogP contribution in [0.15, 0.2) is 18.2 Å². The van der Waals surface area contributed by atoms with E-state index in [1.54, 1.807) is 30.0 Å². The van der Waals surface area contributed by atoms with E-state index < -0.39 is 5.82 Å². The number of nitrogens with two attached hydrogens (primary N) is 1. The highest BCUT2D eigenvalue weighted by molar-refractivity contribution is 5.95. The molecular formula is C15H19FN2O. The van der Waals surface area contributed by atoms with Crippen molar-refractivity contribution in [1.29, 1.82) is 0 Å². The summed E-state index contributed by atoms with van der Waals surface area (Å²) in [5.41, 5.74) is 6.77. The van der Waals surface area contributed by atoms with Crippen molar-refractivity contribution in [2.45, 2.75) is 25.8 Å². The van der Waals surface area contributed by atoms with E-state index in [2.05, 4.69) is 0 Å². The molecule has 1 amide bonds. The molecule has 102 valence electrons. The zero-order valence-corrected chi connectivity index (χ0v) is 11.1. The molecule has 1 aliphatic carbocycles. The molecule has 3 atom stereocenters. The highest BCUT2D eigenvalue weighted by Crippen LogP contribution is 2.37. The third-order valence-electron chi connectivity index (χ3n) is 4.62. The van der Waals surface area contributed by atoms with E-state index in [-0.39, 0.29) is 17.5 Å². The average Bonchev–Trinajstić information content (AvgIpc) is 2.95. The van der Waals surface area contributed by atoms with Gasteiger partial charge in [-0.3, -0.25) is 4.79 Å². The molecule has 1 saturated carbocycles. The van der Waals surface area contributed by atoms with E-state index in [0.717, 1.165) is 19.4 Å². The second-order valence-electron chi connectivity index (χ2n) is 5.81. The number of halogens is 1. The van der Waals surface area contributed by atoms with Crippen LogP contribution in [0.5, 0.6) is 0 Å². The van der Waals surface area contributed by atoms with Gasteiger partial charge in [0.15, 0.2) is 0 Å². The van der Waals surface area contributed by atoms with E-state index in [1.807, 2.05) is 0 Å². The molecule has 1 aromatic rings. The molecule has 3 nitrogen and oxygen atoms in total. The van der Waals surface area contributed by atoms with Gasteiger partial charge in [-0.1, -0.05) is 12.1 Å². The Labute approximate surface area is 112 Å². The highest BCUT2D eigenvalue weighted by Gasteiger charge is 2.42. The van der Waals surface area contributed by atoms with Gasteiger partial charge in [-0.2, -0.15) is 0 Å². The number of aryl methyl sites for hydroxylation is 1. The Morgan fingerprint density at radius 3 is 2.89 bits per heavy atom. The first-order valence-corrected chi connectivity index (χ1v) is 6.88. The van der Waals surface area contributed by atoms with Crippen molar-refractivity contribution in [1.82, 2.24) is 4.90 Å². The summed E-state index contributed by atoms with van der Waals surface area (Å²) in [6.45, 7) is 3.09. The molecule has 1 aromatic carbocycles. The van der Waals surface area contributed by atoms with Gasteiger partial charge in [-0.25, -0.2) is 4.39 Å². The quantitative estimate of drug-likeness (QED) is 0.840. The fourth-order valence-electron chi connectivity index (χ4n) is 3.46. The summed E-state index contributed by atoms with van der Waals surface area (Å²) in [6.07, 6.45) is 2.14. The van der Waals surface area contributed by atoms with Crippen LogP contribution in [0.1, 0.15) is 28.8 Å². The fourth-order valence-corrected chi connectivity index (χ4v) is 3.46. The number of hydrogen-bond donors (Lipinski definition) is 1. The second-order valence-corrected chi connectivity index (χ2v) is 5.81. The molecule has 4 heteroatoms. The van der Waals surface area contributed by atoms with Crippen LogP contribution >= 0.6 is 0 Å². The topological polar surface area (TPSA) is 46.3 Å². The molecular weight excluding hydrogens is 243 g/mol. The number of rotatable bonds is 1. The molecule has 1 saturated heterocycles. The van der Waals surface area contributed by atoms with E-state index in [0.29, 0.717) is 23.9 Å². The lowest BCUT2D eigenvalue weighted by atomic mass is 9.98. The van der Waals surface area contributed by atoms with Crippen molar-refractivity contribution in [2.75, 3.05) is 13.1 Å². The van der Waals surface area contributed by atoms with Gasteiger partial charge in [0, 0.05) is 19.1 Å². The monoisotopic (exact) mass is 262 g/mol. The van der Waals surface area contributed by atoms with Gasteiger partial charge in [-0.15, -0.1) is 0 Å². The lowest BCUT2D eigenvalue weighted by Crippen LogP contribution is -2.34. The van der Waals surface area contributed by atoms with Crippen LogP contribution in [0.3, 0.4) is 0 Å². The molecule has 2 aliphatic rings. The van der Waals surface area contributed by atoms with Crippen molar-refractivity contribution in [3.05, 3.63) is 35.1 Å². The van der Waals surface area contributed by atoms with Gasteiger partial charge < -0.3 is 10.6 Å². The van der Waals surface area contributed by atoms with Gasteiger partial charge in [-0.05, 0) is 43.2 Å². The molecule has 0 bridgehead atoms. The molecule has 0 radical (unpaired) electrons. The first-order valence-electron chi connectivity index (χ1n) is 6.88. The standard InChI is InChI=1S/C15H19FN2O/c1-9-3-2-4-11(14(9)16)15(19)18-7-10-5-6-13(17)12(10)8-18/h2-4,10,12-13H,5-8,17H2,1H3. The Balaban J connectivity index is 1.81. The molecule has 2 fully saturated rings. The van der Waals surface area contributed by atoms with Gasteiger partial charge >= 0.3 is 0 Å². The Kier molecular flexibility index (Phi) is 3.05. The Bertz CT molecular complexity index is 517. The zero-order valence-electron chi connectivity index (χ0n) is 11.1. The summed E-state index contributed by atoms with van der Waals surface area (Å²) in [5, 5.41) is 0. The fraction of sp³-hybridized carbons (Fsp3) is 0.533. The summed E-state index contributed by atoms with van der Waals surface area (Å²) in [6, 6.07) is 5.18. The third kappa shape index (κ3) is 2.04. The maximum Gasteiger partial charge on any atom is 0.256 e. The summed E-state index contributed by atoms with van der Waals surface area (Å²) < 4.78 is 14.0. The van der Waals surface area contributed by atoms with E-state index in [9.17, 15) is 9.18 Å². The van der Waals surface area contributed by atoms with Crippen LogP contribution in [0, 0.1) is 24.6 Å². The van der Waals surface area contributed by atoms with Gasteiger partial charge in [0.1, 0.15) is 5.82 Å². The number of hydrogen-bond acceptors (Lipinski definition) is 2. The Morgan fingerprint density at radius 2 is 2.16 bits per heavy atom. The smallest absolute Gasteiger partial charge is 0.256 e. The number of carbonyl (C=O) groups excluding carboxylic acids is 1. The number of benzene rings is 1. The lowest BCUT2D eigenvalue weighted by molar-refractivity contribution is 0.0774. The average molecular weight is 262 g/mol. The summed E-state index contributed by atoms with van der Waals surface area (Å²) >= 11 is 0. The minimum absolute atomic E-state index is 0.188. The van der Waals surface area contributed by atoms with Crippen LogP contribution in [-0.4, -0.2) is 29.9 Å². The SMILES string of the molecule is Cc1cccc(C(=O)N2CC3CCC(N)C3C2)c1F.